The van der Waals surface area contributed by atoms with Crippen molar-refractivity contribution in [3.8, 4) is 0 Å². The molecule has 36 heavy (non-hydrogen) atoms. The smallest absolute Gasteiger partial charge is 0.465 e. The molecular formula is C14H22N3O16P3. The summed E-state index contributed by atoms with van der Waals surface area (Å²) >= 11 is 0. The van der Waals surface area contributed by atoms with Crippen LogP contribution >= 0.6 is 23.5 Å². The van der Waals surface area contributed by atoms with Crippen molar-refractivity contribution in [2.45, 2.75) is 32.3 Å². The molecule has 0 radical (unpaired) electrons. The zero-order chi connectivity index (χ0) is 27.5. The first-order valence-corrected chi connectivity index (χ1v) is 14.0. The Morgan fingerprint density at radius 1 is 1.08 bits per heavy atom. The molecule has 2 heterocycles. The Kier molecular flexibility index (Phi) is 9.72. The molecule has 0 bridgehead atoms. The fraction of sp³-hybridized carbons (Fsp3) is 0.571. The molecule has 1 aliphatic heterocycles. The third-order valence-corrected chi connectivity index (χ3v) is 8.02. The molecular weight excluding hydrogens is 559 g/mol. The third-order valence-electron chi connectivity index (χ3n) is 4.22. The molecule has 22 heteroatoms. The summed E-state index contributed by atoms with van der Waals surface area (Å²) in [5, 5.41) is 0. The number of carbonyl (C=O) groups excluding carboxylic acids is 2. The van der Waals surface area contributed by atoms with Crippen LogP contribution in [0.3, 0.4) is 0 Å². The molecule has 19 nitrogen and oxygen atoms in total. The summed E-state index contributed by atoms with van der Waals surface area (Å²) < 4.78 is 62.8. The van der Waals surface area contributed by atoms with Gasteiger partial charge in [-0.3, -0.25) is 18.7 Å². The maximum absolute atomic E-state index is 12.3. The van der Waals surface area contributed by atoms with E-state index in [1.165, 1.54) is 6.07 Å². The highest BCUT2D eigenvalue weighted by Crippen LogP contribution is 2.66. The molecule has 6 N–H and O–H groups in total. The van der Waals surface area contributed by atoms with Gasteiger partial charge in [0.05, 0.1) is 18.6 Å². The van der Waals surface area contributed by atoms with Crippen LogP contribution in [0.1, 0.15) is 20.1 Å². The minimum absolute atomic E-state index is 0.140. The number of hydrogen-bond donors (Lipinski definition) is 5. The van der Waals surface area contributed by atoms with Crippen molar-refractivity contribution < 1.29 is 70.2 Å². The second kappa shape index (κ2) is 11.6. The Morgan fingerprint density at radius 2 is 1.72 bits per heavy atom. The molecule has 1 aromatic heterocycles. The van der Waals surface area contributed by atoms with Crippen molar-refractivity contribution in [1.82, 2.24) is 9.55 Å². The Balaban J connectivity index is 2.32. The Hall–Kier alpha value is -2.01. The average Bonchev–Trinajstić information content (AvgIpc) is 2.98. The van der Waals surface area contributed by atoms with Gasteiger partial charge < -0.3 is 39.5 Å². The summed E-state index contributed by atoms with van der Waals surface area (Å²) in [4.78, 5) is 75.1. The van der Waals surface area contributed by atoms with E-state index in [0.29, 0.717) is 0 Å². The maximum Gasteiger partial charge on any atom is 0.490 e. The number of phosphoric ester groups is 1. The quantitative estimate of drug-likeness (QED) is 0.157. The Morgan fingerprint density at radius 3 is 2.25 bits per heavy atom. The molecule has 1 aliphatic rings. The van der Waals surface area contributed by atoms with E-state index in [0.717, 1.165) is 24.6 Å². The minimum Gasteiger partial charge on any atom is -0.465 e. The molecule has 3 unspecified atom stereocenters. The van der Waals surface area contributed by atoms with Gasteiger partial charge in [0.15, 0.2) is 12.3 Å². The second-order valence-electron chi connectivity index (χ2n) is 7.03. The van der Waals surface area contributed by atoms with Gasteiger partial charge >= 0.3 is 41.1 Å². The predicted molar refractivity (Wildman–Crippen MR) is 112 cm³/mol. The molecule has 204 valence electrons. The summed E-state index contributed by atoms with van der Waals surface area (Å²) in [7, 11) is -16.9. The highest BCUT2D eigenvalue weighted by molar-refractivity contribution is 7.66. The Bertz CT molecular complexity index is 1180. The lowest BCUT2D eigenvalue weighted by Crippen LogP contribution is -2.38. The van der Waals surface area contributed by atoms with Gasteiger partial charge in [0.1, 0.15) is 12.4 Å². The summed E-state index contributed by atoms with van der Waals surface area (Å²) in [6.07, 6.45) is -3.02. The lowest BCUT2D eigenvalue weighted by molar-refractivity contribution is -0.155. The van der Waals surface area contributed by atoms with E-state index < -0.39 is 78.7 Å². The predicted octanol–water partition coefficient (Wildman–Crippen LogP) is -0.823. The standard InChI is InChI=1S/C14H22N3O16P3/c1-7(18)28-5-9-10(6-29-35(24,25)33-36(26,27)32-34(21,22)23)31-13(12(9)30-8(2)19)17-4-3-11(15)16-14(17)20/h3-4,9-10,12-13H,5-6H2,1-2H3,(H,24,25)(H,26,27)(H2,15,16,20)(H2,21,22,23)/t9-,10?,12-,13-/m1/s1. The van der Waals surface area contributed by atoms with Gasteiger partial charge in [0, 0.05) is 20.0 Å². The molecule has 1 fully saturated rings. The molecule has 1 saturated heterocycles. The number of anilines is 1. The van der Waals surface area contributed by atoms with Crippen molar-refractivity contribution in [1.29, 1.82) is 0 Å². The molecule has 0 aliphatic carbocycles. The summed E-state index contributed by atoms with van der Waals surface area (Å²) in [5.41, 5.74) is 4.52. The monoisotopic (exact) mass is 581 g/mol. The minimum atomic E-state index is -5.79. The van der Waals surface area contributed by atoms with Gasteiger partial charge in [-0.05, 0) is 6.07 Å². The number of phosphoric acid groups is 3. The molecule has 0 aromatic carbocycles. The zero-order valence-electron chi connectivity index (χ0n) is 18.4. The Labute approximate surface area is 201 Å². The molecule has 6 atom stereocenters. The first-order valence-electron chi connectivity index (χ1n) is 9.48. The van der Waals surface area contributed by atoms with Crippen LogP contribution in [0.25, 0.3) is 0 Å². The van der Waals surface area contributed by atoms with Gasteiger partial charge in [-0.2, -0.15) is 13.6 Å². The molecule has 0 spiro atoms. The number of rotatable bonds is 11. The normalized spacial score (nSPS) is 25.5. The number of carbonyl (C=O) groups is 2. The third kappa shape index (κ3) is 9.14. The maximum atomic E-state index is 12.3. The van der Waals surface area contributed by atoms with Crippen LogP contribution in [0.2, 0.25) is 0 Å². The van der Waals surface area contributed by atoms with Gasteiger partial charge in [-0.1, -0.05) is 0 Å². The lowest BCUT2D eigenvalue weighted by Gasteiger charge is -2.24. The number of ether oxygens (including phenoxy) is 3. The van der Waals surface area contributed by atoms with Crippen LogP contribution in [-0.2, 0) is 50.6 Å². The molecule has 1 aromatic rings. The van der Waals surface area contributed by atoms with Crippen LogP contribution in [0.5, 0.6) is 0 Å². The van der Waals surface area contributed by atoms with E-state index in [1.807, 2.05) is 0 Å². The van der Waals surface area contributed by atoms with Gasteiger partial charge in [0.2, 0.25) is 0 Å². The SMILES string of the molecule is CC(=O)OC[C@@H]1C(COP(=O)(O)OP(=O)(O)OP(=O)(O)O)O[C@@H](n2ccc(N)nc2=O)[C@@H]1OC(C)=O. The van der Waals surface area contributed by atoms with Gasteiger partial charge in [-0.15, -0.1) is 0 Å². The number of nitrogens with two attached hydrogens (primary N) is 1. The molecule has 0 saturated carbocycles. The van der Waals surface area contributed by atoms with Crippen molar-refractivity contribution in [3.05, 3.63) is 22.7 Å². The van der Waals surface area contributed by atoms with E-state index in [-0.39, 0.29) is 5.82 Å². The fourth-order valence-electron chi connectivity index (χ4n) is 3.01. The number of nitrogen functional groups attached to an aromatic ring is 1. The van der Waals surface area contributed by atoms with Crippen LogP contribution in [0.15, 0.2) is 17.1 Å². The highest BCUT2D eigenvalue weighted by atomic mass is 31.3. The van der Waals surface area contributed by atoms with Crippen LogP contribution in [0, 0.1) is 5.92 Å². The van der Waals surface area contributed by atoms with Crippen LogP contribution < -0.4 is 11.4 Å². The second-order valence-corrected chi connectivity index (χ2v) is 11.5. The van der Waals surface area contributed by atoms with E-state index in [9.17, 15) is 37.9 Å². The van der Waals surface area contributed by atoms with E-state index in [1.54, 1.807) is 0 Å². The van der Waals surface area contributed by atoms with Gasteiger partial charge in [0.25, 0.3) is 0 Å². The first kappa shape index (κ1) is 30.2. The van der Waals surface area contributed by atoms with Crippen molar-refractivity contribution >= 4 is 41.2 Å². The zero-order valence-corrected chi connectivity index (χ0v) is 21.1. The van der Waals surface area contributed by atoms with Gasteiger partial charge in [-0.25, -0.2) is 18.5 Å². The fourth-order valence-corrected chi connectivity index (χ4v) is 6.04. The molecule has 2 rings (SSSR count). The molecule has 0 amide bonds. The largest absolute Gasteiger partial charge is 0.490 e. The number of nitrogens with zero attached hydrogens (tertiary/aromatic N) is 2. The topological polar surface area (TPSA) is 283 Å². The van der Waals surface area contributed by atoms with E-state index >= 15 is 0 Å². The summed E-state index contributed by atoms with van der Waals surface area (Å²) in [6, 6.07) is 1.22. The van der Waals surface area contributed by atoms with E-state index in [4.69, 9.17) is 29.7 Å². The highest BCUT2D eigenvalue weighted by Gasteiger charge is 2.50. The number of esters is 2. The summed E-state index contributed by atoms with van der Waals surface area (Å²) in [6.45, 7) is 0.610. The van der Waals surface area contributed by atoms with Crippen molar-refractivity contribution in [2.24, 2.45) is 5.92 Å². The summed E-state index contributed by atoms with van der Waals surface area (Å²) in [5.74, 6) is -2.89. The number of aromatic nitrogens is 2. The first-order chi connectivity index (χ1) is 16.4. The number of hydrogen-bond acceptors (Lipinski definition) is 14. The van der Waals surface area contributed by atoms with E-state index in [2.05, 4.69) is 18.1 Å². The van der Waals surface area contributed by atoms with Crippen molar-refractivity contribution in [2.75, 3.05) is 18.9 Å². The van der Waals surface area contributed by atoms with Crippen molar-refractivity contribution in [3.63, 3.8) is 0 Å². The average molecular weight is 581 g/mol. The lowest BCUT2D eigenvalue weighted by atomic mass is 9.99. The van der Waals surface area contributed by atoms with Crippen LogP contribution in [0.4, 0.5) is 5.82 Å². The van der Waals surface area contributed by atoms with Crippen LogP contribution in [-0.4, -0.2) is 66.5 Å².